The van der Waals surface area contributed by atoms with Crippen LogP contribution in [0, 0.1) is 11.6 Å². The van der Waals surface area contributed by atoms with Gasteiger partial charge < -0.3 is 15.4 Å². The zero-order valence-electron chi connectivity index (χ0n) is 13.9. The molecule has 0 unspecified atom stereocenters. The molecule has 24 heavy (non-hydrogen) atoms. The molecule has 1 rings (SSSR count). The fourth-order valence-electron chi connectivity index (χ4n) is 1.84. The van der Waals surface area contributed by atoms with Gasteiger partial charge in [0.15, 0.2) is 5.96 Å². The van der Waals surface area contributed by atoms with Crippen LogP contribution < -0.4 is 10.6 Å². The van der Waals surface area contributed by atoms with E-state index >= 15 is 0 Å². The van der Waals surface area contributed by atoms with Crippen LogP contribution in [0.1, 0.15) is 32.3 Å². The highest BCUT2D eigenvalue weighted by atomic mass is 127. The molecule has 0 saturated heterocycles. The molecule has 0 aliphatic carbocycles. The summed E-state index contributed by atoms with van der Waals surface area (Å²) in [4.78, 5) is 15.4. The molecule has 0 aliphatic heterocycles. The number of aliphatic imine (C=N–C) groups is 1. The molecule has 1 aromatic carbocycles. The molecule has 0 fully saturated rings. The molecule has 1 aromatic rings. The van der Waals surface area contributed by atoms with Gasteiger partial charge in [0.2, 0.25) is 0 Å². The predicted molar refractivity (Wildman–Crippen MR) is 100 cm³/mol. The van der Waals surface area contributed by atoms with Crippen LogP contribution in [0.4, 0.5) is 8.78 Å². The summed E-state index contributed by atoms with van der Waals surface area (Å²) >= 11 is 0. The summed E-state index contributed by atoms with van der Waals surface area (Å²) in [6, 6.07) is 3.28. The Labute approximate surface area is 158 Å². The summed E-state index contributed by atoms with van der Waals surface area (Å²) in [7, 11) is 0. The first kappa shape index (κ1) is 22.6. The fourth-order valence-corrected chi connectivity index (χ4v) is 1.84. The number of benzene rings is 1. The average Bonchev–Trinajstić information content (AvgIpc) is 2.52. The Balaban J connectivity index is 0.00000529. The third-order valence-corrected chi connectivity index (χ3v) is 2.91. The predicted octanol–water partition coefficient (Wildman–Crippen LogP) is 2.98. The van der Waals surface area contributed by atoms with E-state index in [9.17, 15) is 13.6 Å². The Morgan fingerprint density at radius 1 is 1.25 bits per heavy atom. The third kappa shape index (κ3) is 8.99. The second-order valence-electron chi connectivity index (χ2n) is 4.77. The minimum atomic E-state index is -0.496. The zero-order valence-corrected chi connectivity index (χ0v) is 16.2. The largest absolute Gasteiger partial charge is 0.466 e. The van der Waals surface area contributed by atoms with Crippen LogP contribution in [0.3, 0.4) is 0 Å². The summed E-state index contributed by atoms with van der Waals surface area (Å²) in [5, 5.41) is 6.04. The van der Waals surface area contributed by atoms with Crippen LogP contribution in [-0.2, 0) is 16.1 Å². The normalized spacial score (nSPS) is 10.8. The van der Waals surface area contributed by atoms with Gasteiger partial charge in [-0.05, 0) is 38.5 Å². The molecule has 0 aliphatic rings. The van der Waals surface area contributed by atoms with Crippen molar-refractivity contribution < 1.29 is 18.3 Å². The molecule has 0 radical (unpaired) electrons. The van der Waals surface area contributed by atoms with E-state index in [0.29, 0.717) is 38.5 Å². The molecule has 8 heteroatoms. The van der Waals surface area contributed by atoms with Crippen molar-refractivity contribution in [3.8, 4) is 0 Å². The second kappa shape index (κ2) is 12.9. The lowest BCUT2D eigenvalue weighted by Gasteiger charge is -2.11. The number of hydrogen-bond donors (Lipinski definition) is 2. The quantitative estimate of drug-likeness (QED) is 0.208. The van der Waals surface area contributed by atoms with Crippen molar-refractivity contribution >= 4 is 35.9 Å². The third-order valence-electron chi connectivity index (χ3n) is 2.91. The monoisotopic (exact) mass is 455 g/mol. The summed E-state index contributed by atoms with van der Waals surface area (Å²) < 4.78 is 31.5. The Hall–Kier alpha value is -1.45. The molecule has 0 spiro atoms. The van der Waals surface area contributed by atoms with Crippen molar-refractivity contribution in [1.29, 1.82) is 0 Å². The first-order chi connectivity index (χ1) is 11.1. The van der Waals surface area contributed by atoms with Gasteiger partial charge >= 0.3 is 5.97 Å². The fraction of sp³-hybridized carbons (Fsp3) is 0.500. The lowest BCUT2D eigenvalue weighted by atomic mass is 10.2. The average molecular weight is 455 g/mol. The van der Waals surface area contributed by atoms with Gasteiger partial charge in [0.25, 0.3) is 0 Å². The van der Waals surface area contributed by atoms with Crippen LogP contribution >= 0.6 is 24.0 Å². The number of nitrogens with zero attached hydrogens (tertiary/aromatic N) is 1. The smallest absolute Gasteiger partial charge is 0.305 e. The van der Waals surface area contributed by atoms with Gasteiger partial charge in [-0.1, -0.05) is 0 Å². The van der Waals surface area contributed by atoms with E-state index in [2.05, 4.69) is 15.6 Å². The minimum absolute atomic E-state index is 0. The van der Waals surface area contributed by atoms with Crippen LogP contribution in [0.25, 0.3) is 0 Å². The van der Waals surface area contributed by atoms with Crippen molar-refractivity contribution in [2.45, 2.75) is 33.2 Å². The summed E-state index contributed by atoms with van der Waals surface area (Å²) in [6.45, 7) is 5.22. The lowest BCUT2D eigenvalue weighted by molar-refractivity contribution is -0.143. The van der Waals surface area contributed by atoms with E-state index in [1.807, 2.05) is 6.92 Å². The molecule has 0 atom stereocenters. The highest BCUT2D eigenvalue weighted by Gasteiger charge is 2.05. The van der Waals surface area contributed by atoms with Crippen molar-refractivity contribution in [1.82, 2.24) is 10.6 Å². The summed E-state index contributed by atoms with van der Waals surface area (Å²) in [5.41, 5.74) is 0.189. The number of esters is 1. The Morgan fingerprint density at radius 2 is 2.00 bits per heavy atom. The Kier molecular flexibility index (Phi) is 12.1. The topological polar surface area (TPSA) is 62.7 Å². The van der Waals surface area contributed by atoms with E-state index in [-0.39, 0.29) is 42.1 Å². The number of nitrogens with one attached hydrogen (secondary N) is 2. The van der Waals surface area contributed by atoms with Gasteiger partial charge in [-0.25, -0.2) is 13.8 Å². The van der Waals surface area contributed by atoms with Gasteiger partial charge in [-0.2, -0.15) is 0 Å². The molecular formula is C16H24F2IN3O2. The van der Waals surface area contributed by atoms with Crippen molar-refractivity contribution in [2.24, 2.45) is 4.99 Å². The van der Waals surface area contributed by atoms with E-state index in [4.69, 9.17) is 4.74 Å². The first-order valence-electron chi connectivity index (χ1n) is 7.68. The van der Waals surface area contributed by atoms with Crippen LogP contribution in [0.5, 0.6) is 0 Å². The number of halogens is 3. The maximum absolute atomic E-state index is 13.5. The van der Waals surface area contributed by atoms with Gasteiger partial charge in [0, 0.05) is 25.1 Å². The number of ether oxygens (including phenoxy) is 1. The highest BCUT2D eigenvalue weighted by molar-refractivity contribution is 14.0. The van der Waals surface area contributed by atoms with Gasteiger partial charge in [0.05, 0.1) is 13.2 Å². The molecule has 2 N–H and O–H groups in total. The zero-order chi connectivity index (χ0) is 17.1. The standard InChI is InChI=1S/C16H23F2N3O2.HI/c1-3-19-16(20-9-5-6-15(22)23-4-2)21-11-12-10-13(17)7-8-14(12)18;/h7-8,10H,3-6,9,11H2,1-2H3,(H2,19,20,21);1H. The van der Waals surface area contributed by atoms with E-state index in [1.54, 1.807) is 6.92 Å². The minimum Gasteiger partial charge on any atom is -0.466 e. The maximum Gasteiger partial charge on any atom is 0.305 e. The first-order valence-corrected chi connectivity index (χ1v) is 7.68. The number of carbonyl (C=O) groups excluding carboxylic acids is 1. The van der Waals surface area contributed by atoms with Crippen LogP contribution in [0.2, 0.25) is 0 Å². The Morgan fingerprint density at radius 3 is 2.67 bits per heavy atom. The lowest BCUT2D eigenvalue weighted by Crippen LogP contribution is -2.37. The number of rotatable bonds is 8. The summed E-state index contributed by atoms with van der Waals surface area (Å²) in [6.07, 6.45) is 0.913. The SMILES string of the molecule is CCNC(=NCc1cc(F)ccc1F)NCCCC(=O)OCC.I. The van der Waals surface area contributed by atoms with E-state index < -0.39 is 11.6 Å². The van der Waals surface area contributed by atoms with Crippen molar-refractivity contribution in [2.75, 3.05) is 19.7 Å². The molecule has 5 nitrogen and oxygen atoms in total. The van der Waals surface area contributed by atoms with E-state index in [1.165, 1.54) is 0 Å². The molecule has 0 aromatic heterocycles. The summed E-state index contributed by atoms with van der Waals surface area (Å²) in [5.74, 6) is -0.740. The van der Waals surface area contributed by atoms with Gasteiger partial charge in [-0.3, -0.25) is 4.79 Å². The second-order valence-corrected chi connectivity index (χ2v) is 4.77. The maximum atomic E-state index is 13.5. The molecule has 136 valence electrons. The highest BCUT2D eigenvalue weighted by Crippen LogP contribution is 2.10. The molecular weight excluding hydrogens is 431 g/mol. The van der Waals surface area contributed by atoms with Gasteiger partial charge in [0.1, 0.15) is 11.6 Å². The Bertz CT molecular complexity index is 542. The molecule has 0 heterocycles. The molecule has 0 amide bonds. The number of carbonyl (C=O) groups is 1. The van der Waals surface area contributed by atoms with Crippen molar-refractivity contribution in [3.05, 3.63) is 35.4 Å². The molecule has 0 saturated carbocycles. The molecule has 0 bridgehead atoms. The van der Waals surface area contributed by atoms with Crippen LogP contribution in [-0.4, -0.2) is 31.6 Å². The number of guanidine groups is 1. The van der Waals surface area contributed by atoms with Gasteiger partial charge in [-0.15, -0.1) is 24.0 Å². The van der Waals surface area contributed by atoms with Crippen molar-refractivity contribution in [3.63, 3.8) is 0 Å². The number of hydrogen-bond acceptors (Lipinski definition) is 3. The van der Waals surface area contributed by atoms with E-state index in [0.717, 1.165) is 18.2 Å². The van der Waals surface area contributed by atoms with Crippen LogP contribution in [0.15, 0.2) is 23.2 Å².